The average Bonchev–Trinajstić information content (AvgIpc) is 2.97. The molecule has 0 amide bonds. The van der Waals surface area contributed by atoms with E-state index in [2.05, 4.69) is 15.0 Å². The van der Waals surface area contributed by atoms with Crippen molar-refractivity contribution in [2.45, 2.75) is 18.0 Å². The quantitative estimate of drug-likeness (QED) is 0.731. The minimum atomic E-state index is -3.53. The number of thiazole rings is 1. The van der Waals surface area contributed by atoms with Gasteiger partial charge >= 0.3 is 4.87 Å². The van der Waals surface area contributed by atoms with Gasteiger partial charge in [-0.1, -0.05) is 11.3 Å². The number of hydrogen-bond acceptors (Lipinski definition) is 6. The summed E-state index contributed by atoms with van der Waals surface area (Å²) in [6.07, 6.45) is 0. The molecule has 0 aromatic carbocycles. The van der Waals surface area contributed by atoms with Crippen molar-refractivity contribution < 1.29 is 8.42 Å². The van der Waals surface area contributed by atoms with Gasteiger partial charge in [-0.15, -0.1) is 11.3 Å². The lowest BCUT2D eigenvalue weighted by atomic mass is 10.5. The van der Waals surface area contributed by atoms with Gasteiger partial charge in [0.1, 0.15) is 0 Å². The molecule has 3 N–H and O–H groups in total. The number of aromatic nitrogens is 1. The molecule has 2 aromatic heterocycles. The lowest BCUT2D eigenvalue weighted by molar-refractivity contribution is 0.581. The first-order valence-corrected chi connectivity index (χ1v) is 8.64. The Labute approximate surface area is 118 Å². The highest BCUT2D eigenvalue weighted by molar-refractivity contribution is 7.89. The Kier molecular flexibility index (Phi) is 4.53. The molecule has 0 aliphatic carbocycles. The lowest BCUT2D eigenvalue weighted by Crippen LogP contribution is -2.23. The van der Waals surface area contributed by atoms with E-state index in [0.29, 0.717) is 12.2 Å². The first-order chi connectivity index (χ1) is 9.01. The van der Waals surface area contributed by atoms with E-state index in [0.717, 1.165) is 16.2 Å². The summed E-state index contributed by atoms with van der Waals surface area (Å²) in [6.45, 7) is 0.719. The van der Waals surface area contributed by atoms with Gasteiger partial charge in [-0.2, -0.15) is 0 Å². The van der Waals surface area contributed by atoms with Gasteiger partial charge in [0.25, 0.3) is 0 Å². The summed E-state index contributed by atoms with van der Waals surface area (Å²) in [5, 5.41) is 6.17. The lowest BCUT2D eigenvalue weighted by Gasteiger charge is -2.02. The second-order valence-electron chi connectivity index (χ2n) is 3.78. The molecular formula is C10H13N3O3S3. The summed E-state index contributed by atoms with van der Waals surface area (Å²) in [5.74, 6) is 0. The SMILES string of the molecule is CNCc1cc(S(=O)(=O)NCc2csc(=O)[nH]2)cs1. The van der Waals surface area contributed by atoms with Crippen LogP contribution in [0.3, 0.4) is 0 Å². The van der Waals surface area contributed by atoms with Crippen molar-refractivity contribution in [3.63, 3.8) is 0 Å². The Hall–Kier alpha value is -1.00. The van der Waals surface area contributed by atoms with Crippen LogP contribution in [0.1, 0.15) is 10.6 Å². The molecule has 2 aromatic rings. The number of rotatable bonds is 6. The summed E-state index contributed by atoms with van der Waals surface area (Å²) in [4.78, 5) is 14.5. The molecule has 0 fully saturated rings. The normalized spacial score (nSPS) is 11.8. The summed E-state index contributed by atoms with van der Waals surface area (Å²) in [5.41, 5.74) is 0.559. The minimum Gasteiger partial charge on any atom is -0.315 e. The smallest absolute Gasteiger partial charge is 0.304 e. The monoisotopic (exact) mass is 319 g/mol. The molecule has 0 saturated heterocycles. The number of nitrogens with one attached hydrogen (secondary N) is 3. The molecule has 19 heavy (non-hydrogen) atoms. The van der Waals surface area contributed by atoms with E-state index >= 15 is 0 Å². The molecule has 0 atom stereocenters. The highest BCUT2D eigenvalue weighted by atomic mass is 32.2. The van der Waals surface area contributed by atoms with Crippen LogP contribution < -0.4 is 14.9 Å². The van der Waals surface area contributed by atoms with Gasteiger partial charge < -0.3 is 10.3 Å². The van der Waals surface area contributed by atoms with Gasteiger partial charge in [-0.25, -0.2) is 13.1 Å². The largest absolute Gasteiger partial charge is 0.315 e. The molecule has 0 aliphatic heterocycles. The van der Waals surface area contributed by atoms with Gasteiger partial charge in [0.2, 0.25) is 10.0 Å². The van der Waals surface area contributed by atoms with Crippen molar-refractivity contribution in [3.05, 3.63) is 37.1 Å². The molecule has 0 saturated carbocycles. The van der Waals surface area contributed by atoms with Crippen LogP contribution in [-0.2, 0) is 23.1 Å². The van der Waals surface area contributed by atoms with Crippen molar-refractivity contribution in [1.82, 2.24) is 15.0 Å². The summed E-state index contributed by atoms with van der Waals surface area (Å²) < 4.78 is 26.5. The van der Waals surface area contributed by atoms with Crippen LogP contribution in [0.2, 0.25) is 0 Å². The molecule has 0 unspecified atom stereocenters. The van der Waals surface area contributed by atoms with Crippen LogP contribution in [0.4, 0.5) is 0 Å². The molecule has 0 bridgehead atoms. The zero-order valence-corrected chi connectivity index (χ0v) is 12.5. The number of hydrogen-bond donors (Lipinski definition) is 3. The van der Waals surface area contributed by atoms with Crippen LogP contribution in [0, 0.1) is 0 Å². The Balaban J connectivity index is 2.06. The highest BCUT2D eigenvalue weighted by Crippen LogP contribution is 2.19. The second-order valence-corrected chi connectivity index (χ2v) is 7.38. The molecule has 0 spiro atoms. The van der Waals surface area contributed by atoms with Crippen LogP contribution in [0.25, 0.3) is 0 Å². The van der Waals surface area contributed by atoms with E-state index < -0.39 is 10.0 Å². The number of thiophene rings is 1. The topological polar surface area (TPSA) is 91.1 Å². The molecule has 2 heterocycles. The van der Waals surface area contributed by atoms with E-state index in [-0.39, 0.29) is 16.3 Å². The van der Waals surface area contributed by atoms with Gasteiger partial charge in [0, 0.05) is 27.9 Å². The molecule has 0 radical (unpaired) electrons. The molecule has 104 valence electrons. The number of aromatic amines is 1. The van der Waals surface area contributed by atoms with Gasteiger partial charge in [-0.05, 0) is 13.1 Å². The van der Waals surface area contributed by atoms with Crippen molar-refractivity contribution in [3.8, 4) is 0 Å². The average molecular weight is 319 g/mol. The predicted octanol–water partition coefficient (Wildman–Crippen LogP) is 0.696. The maximum absolute atomic E-state index is 12.0. The van der Waals surface area contributed by atoms with E-state index in [1.54, 1.807) is 23.9 Å². The summed E-state index contributed by atoms with van der Waals surface area (Å²) in [6, 6.07) is 1.64. The minimum absolute atomic E-state index is 0.0816. The van der Waals surface area contributed by atoms with Crippen molar-refractivity contribution >= 4 is 32.7 Å². The Morgan fingerprint density at radius 3 is 2.68 bits per heavy atom. The zero-order chi connectivity index (χ0) is 13.9. The Morgan fingerprint density at radius 2 is 2.05 bits per heavy atom. The summed E-state index contributed by atoms with van der Waals surface area (Å²) in [7, 11) is -1.73. The zero-order valence-electron chi connectivity index (χ0n) is 10.1. The van der Waals surface area contributed by atoms with Crippen molar-refractivity contribution in [2.75, 3.05) is 7.05 Å². The third kappa shape index (κ3) is 3.74. The summed E-state index contributed by atoms with van der Waals surface area (Å²) >= 11 is 2.40. The van der Waals surface area contributed by atoms with E-state index in [1.165, 1.54) is 11.3 Å². The van der Waals surface area contributed by atoms with Crippen LogP contribution >= 0.6 is 22.7 Å². The third-order valence-corrected chi connectivity index (χ3v) is 5.50. The maximum Gasteiger partial charge on any atom is 0.304 e. The standard InChI is InChI=1S/C10H13N3O3S3/c1-11-4-8-2-9(6-17-8)19(15,16)12-3-7-5-18-10(14)13-7/h2,5-6,11-12H,3-4H2,1H3,(H,13,14). The maximum atomic E-state index is 12.0. The highest BCUT2D eigenvalue weighted by Gasteiger charge is 2.16. The Morgan fingerprint density at radius 1 is 1.26 bits per heavy atom. The van der Waals surface area contributed by atoms with Crippen LogP contribution in [0.5, 0.6) is 0 Å². The molecule has 9 heteroatoms. The van der Waals surface area contributed by atoms with E-state index in [4.69, 9.17) is 0 Å². The predicted molar refractivity (Wildman–Crippen MR) is 76.0 cm³/mol. The number of H-pyrrole nitrogens is 1. The van der Waals surface area contributed by atoms with Gasteiger partial charge in [-0.3, -0.25) is 4.79 Å². The molecule has 2 rings (SSSR count). The molecule has 0 aliphatic rings. The van der Waals surface area contributed by atoms with E-state index in [9.17, 15) is 13.2 Å². The molecule has 6 nitrogen and oxygen atoms in total. The van der Waals surface area contributed by atoms with Crippen LogP contribution in [0.15, 0.2) is 26.5 Å². The molecular weight excluding hydrogens is 306 g/mol. The third-order valence-electron chi connectivity index (χ3n) is 2.31. The fraction of sp³-hybridized carbons (Fsp3) is 0.300. The number of sulfonamides is 1. The Bertz CT molecular complexity index is 699. The fourth-order valence-corrected chi connectivity index (χ4v) is 4.30. The first kappa shape index (κ1) is 14.4. The second kappa shape index (κ2) is 5.97. The van der Waals surface area contributed by atoms with Gasteiger partial charge in [0.15, 0.2) is 0 Å². The van der Waals surface area contributed by atoms with Gasteiger partial charge in [0.05, 0.1) is 11.4 Å². The van der Waals surface area contributed by atoms with Crippen molar-refractivity contribution in [1.29, 1.82) is 0 Å². The van der Waals surface area contributed by atoms with Crippen molar-refractivity contribution in [2.24, 2.45) is 0 Å². The fourth-order valence-electron chi connectivity index (χ4n) is 1.42. The van der Waals surface area contributed by atoms with Crippen LogP contribution in [-0.4, -0.2) is 20.4 Å². The first-order valence-electron chi connectivity index (χ1n) is 5.39. The van der Waals surface area contributed by atoms with E-state index in [1.807, 2.05) is 0 Å².